The molecule has 0 aliphatic heterocycles. The molecule has 1 heterocycles. The number of nitrogens with zero attached hydrogens (tertiary/aromatic N) is 3. The van der Waals surface area contributed by atoms with E-state index in [0.717, 1.165) is 21.8 Å². The van der Waals surface area contributed by atoms with Crippen LogP contribution in [0.3, 0.4) is 0 Å². The van der Waals surface area contributed by atoms with Crippen molar-refractivity contribution in [1.29, 1.82) is 0 Å². The molecule has 0 spiro atoms. The Bertz CT molecular complexity index is 1030. The average Bonchev–Trinajstić information content (AvgIpc) is 3.15. The van der Waals surface area contributed by atoms with Gasteiger partial charge in [-0.3, -0.25) is 14.9 Å². The fourth-order valence-electron chi connectivity index (χ4n) is 2.22. The van der Waals surface area contributed by atoms with E-state index in [1.165, 1.54) is 25.3 Å². The summed E-state index contributed by atoms with van der Waals surface area (Å²) < 4.78 is 11.5. The molecule has 3 aromatic rings. The topological polar surface area (TPSA) is 120 Å². The van der Waals surface area contributed by atoms with Gasteiger partial charge in [0.15, 0.2) is 0 Å². The van der Waals surface area contributed by atoms with Gasteiger partial charge < -0.3 is 14.5 Å². The number of nitro groups is 1. The Morgan fingerprint density at radius 1 is 1.32 bits per heavy atom. The number of benzene rings is 2. The van der Waals surface area contributed by atoms with Crippen LogP contribution in [0, 0.1) is 10.1 Å². The van der Waals surface area contributed by atoms with Gasteiger partial charge >= 0.3 is 0 Å². The van der Waals surface area contributed by atoms with Crippen LogP contribution >= 0.6 is 27.7 Å². The van der Waals surface area contributed by atoms with E-state index in [4.69, 9.17) is 9.15 Å². The lowest BCUT2D eigenvalue weighted by Gasteiger charge is -2.09. The number of carbonyl (C=O) groups excluding carboxylic acids is 1. The van der Waals surface area contributed by atoms with E-state index >= 15 is 0 Å². The summed E-state index contributed by atoms with van der Waals surface area (Å²) in [6.45, 7) is 0. The highest BCUT2D eigenvalue weighted by molar-refractivity contribution is 9.10. The number of amides is 1. The van der Waals surface area contributed by atoms with Crippen molar-refractivity contribution in [2.24, 2.45) is 0 Å². The third-order valence-corrected chi connectivity index (χ3v) is 4.79. The van der Waals surface area contributed by atoms with Crippen LogP contribution in [0.2, 0.25) is 0 Å². The first-order valence-electron chi connectivity index (χ1n) is 7.81. The number of non-ortho nitro benzene ring substituents is 1. The third kappa shape index (κ3) is 4.87. The minimum Gasteiger partial charge on any atom is -0.494 e. The SMILES string of the molecule is COc1cc([N+](=O)[O-])ccc1NC(=O)CSc1nnc(-c2cccc(Br)c2)o1. The molecule has 11 heteroatoms. The van der Waals surface area contributed by atoms with Crippen molar-refractivity contribution in [3.05, 3.63) is 57.1 Å². The van der Waals surface area contributed by atoms with Crippen molar-refractivity contribution in [1.82, 2.24) is 10.2 Å². The molecule has 1 aromatic heterocycles. The lowest BCUT2D eigenvalue weighted by atomic mass is 10.2. The summed E-state index contributed by atoms with van der Waals surface area (Å²) in [6.07, 6.45) is 0. The predicted octanol–water partition coefficient (Wildman–Crippen LogP) is 4.15. The number of nitro benzene ring substituents is 1. The van der Waals surface area contributed by atoms with Crippen LogP contribution in [0.4, 0.5) is 11.4 Å². The van der Waals surface area contributed by atoms with E-state index in [1.54, 1.807) is 0 Å². The molecule has 144 valence electrons. The summed E-state index contributed by atoms with van der Waals surface area (Å²) >= 11 is 4.45. The molecule has 0 saturated carbocycles. The second-order valence-electron chi connectivity index (χ2n) is 5.36. The third-order valence-electron chi connectivity index (χ3n) is 3.47. The van der Waals surface area contributed by atoms with Gasteiger partial charge in [0.05, 0.1) is 29.5 Å². The van der Waals surface area contributed by atoms with Gasteiger partial charge in [-0.05, 0) is 24.3 Å². The number of thioether (sulfide) groups is 1. The van der Waals surface area contributed by atoms with Crippen LogP contribution in [0.5, 0.6) is 5.75 Å². The Hall–Kier alpha value is -2.92. The smallest absolute Gasteiger partial charge is 0.277 e. The van der Waals surface area contributed by atoms with E-state index in [2.05, 4.69) is 31.4 Å². The van der Waals surface area contributed by atoms with Crippen molar-refractivity contribution in [3.8, 4) is 17.2 Å². The monoisotopic (exact) mass is 464 g/mol. The van der Waals surface area contributed by atoms with E-state index in [9.17, 15) is 14.9 Å². The minimum atomic E-state index is -0.539. The molecule has 3 rings (SSSR count). The molecule has 0 saturated heterocycles. The predicted molar refractivity (Wildman–Crippen MR) is 106 cm³/mol. The maximum Gasteiger partial charge on any atom is 0.277 e. The van der Waals surface area contributed by atoms with Crippen molar-refractivity contribution in [3.63, 3.8) is 0 Å². The fourth-order valence-corrected chi connectivity index (χ4v) is 3.18. The molecule has 0 aliphatic rings. The maximum absolute atomic E-state index is 12.2. The van der Waals surface area contributed by atoms with E-state index in [1.807, 2.05) is 24.3 Å². The lowest BCUT2D eigenvalue weighted by molar-refractivity contribution is -0.384. The highest BCUT2D eigenvalue weighted by atomic mass is 79.9. The van der Waals surface area contributed by atoms with Crippen LogP contribution in [-0.2, 0) is 4.79 Å². The summed E-state index contributed by atoms with van der Waals surface area (Å²) in [5, 5.41) is 21.6. The van der Waals surface area contributed by atoms with Crippen LogP contribution < -0.4 is 10.1 Å². The maximum atomic E-state index is 12.2. The number of carbonyl (C=O) groups is 1. The Morgan fingerprint density at radius 2 is 2.14 bits per heavy atom. The molecule has 2 aromatic carbocycles. The quantitative estimate of drug-likeness (QED) is 0.314. The molecule has 0 radical (unpaired) electrons. The molecular weight excluding hydrogens is 452 g/mol. The van der Waals surface area contributed by atoms with E-state index in [0.29, 0.717) is 11.6 Å². The number of rotatable bonds is 7. The van der Waals surface area contributed by atoms with Crippen LogP contribution in [0.1, 0.15) is 0 Å². The average molecular weight is 465 g/mol. The van der Waals surface area contributed by atoms with Gasteiger partial charge in [-0.15, -0.1) is 10.2 Å². The number of aromatic nitrogens is 2. The van der Waals surface area contributed by atoms with Crippen LogP contribution in [0.25, 0.3) is 11.5 Å². The first kappa shape index (κ1) is 19.8. The number of nitrogens with one attached hydrogen (secondary N) is 1. The summed E-state index contributed by atoms with van der Waals surface area (Å²) in [6, 6.07) is 11.3. The summed E-state index contributed by atoms with van der Waals surface area (Å²) in [7, 11) is 1.37. The zero-order valence-corrected chi connectivity index (χ0v) is 16.8. The fraction of sp³-hybridized carbons (Fsp3) is 0.118. The molecule has 0 unspecified atom stereocenters. The zero-order valence-electron chi connectivity index (χ0n) is 14.4. The first-order valence-corrected chi connectivity index (χ1v) is 9.58. The first-order chi connectivity index (χ1) is 13.5. The van der Waals surface area contributed by atoms with E-state index in [-0.39, 0.29) is 28.3 Å². The summed E-state index contributed by atoms with van der Waals surface area (Å²) in [4.78, 5) is 22.5. The number of methoxy groups -OCH3 is 1. The van der Waals surface area contributed by atoms with Crippen molar-refractivity contribution < 1.29 is 18.9 Å². The molecular formula is C17H13BrN4O5S. The van der Waals surface area contributed by atoms with Gasteiger partial charge in [0.1, 0.15) is 5.75 Å². The lowest BCUT2D eigenvalue weighted by Crippen LogP contribution is -2.14. The van der Waals surface area contributed by atoms with Crippen molar-refractivity contribution >= 4 is 45.0 Å². The Balaban J connectivity index is 1.61. The highest BCUT2D eigenvalue weighted by Gasteiger charge is 2.15. The Labute approximate surface area is 171 Å². The number of hydrogen-bond acceptors (Lipinski definition) is 8. The number of ether oxygens (including phenoxy) is 1. The van der Waals surface area contributed by atoms with Crippen LogP contribution in [0.15, 0.2) is 56.6 Å². The Kier molecular flexibility index (Phi) is 6.26. The summed E-state index contributed by atoms with van der Waals surface area (Å²) in [5.41, 5.74) is 0.961. The standard InChI is InChI=1S/C17H13BrN4O5S/c1-26-14-8-12(22(24)25)5-6-13(14)19-15(23)9-28-17-21-20-16(27-17)10-3-2-4-11(18)7-10/h2-8H,9H2,1H3,(H,19,23). The van der Waals surface area contributed by atoms with Gasteiger partial charge in [-0.2, -0.15) is 0 Å². The molecule has 1 N–H and O–H groups in total. The number of halogens is 1. The van der Waals surface area contributed by atoms with E-state index < -0.39 is 4.92 Å². The van der Waals surface area contributed by atoms with Gasteiger partial charge in [0.25, 0.3) is 10.9 Å². The minimum absolute atomic E-state index is 0.0141. The molecule has 1 amide bonds. The second kappa shape index (κ2) is 8.85. The summed E-state index contributed by atoms with van der Waals surface area (Å²) in [5.74, 6) is 0.211. The molecule has 0 fully saturated rings. The van der Waals surface area contributed by atoms with Gasteiger partial charge in [0, 0.05) is 16.1 Å². The molecule has 0 bridgehead atoms. The Morgan fingerprint density at radius 3 is 2.86 bits per heavy atom. The van der Waals surface area contributed by atoms with Crippen LogP contribution in [-0.4, -0.2) is 33.9 Å². The molecule has 9 nitrogen and oxygen atoms in total. The van der Waals surface area contributed by atoms with Crippen molar-refractivity contribution in [2.75, 3.05) is 18.2 Å². The molecule has 0 atom stereocenters. The second-order valence-corrected chi connectivity index (χ2v) is 7.20. The zero-order chi connectivity index (χ0) is 20.1. The largest absolute Gasteiger partial charge is 0.494 e. The van der Waals surface area contributed by atoms with Gasteiger partial charge in [0.2, 0.25) is 11.8 Å². The van der Waals surface area contributed by atoms with Gasteiger partial charge in [-0.1, -0.05) is 33.8 Å². The van der Waals surface area contributed by atoms with Gasteiger partial charge in [-0.25, -0.2) is 0 Å². The normalized spacial score (nSPS) is 10.5. The highest BCUT2D eigenvalue weighted by Crippen LogP contribution is 2.30. The molecule has 28 heavy (non-hydrogen) atoms. The van der Waals surface area contributed by atoms with Crippen molar-refractivity contribution in [2.45, 2.75) is 5.22 Å². The molecule has 0 aliphatic carbocycles. The number of hydrogen-bond donors (Lipinski definition) is 1. The number of anilines is 1.